The van der Waals surface area contributed by atoms with Crippen LogP contribution in [-0.2, 0) is 16.4 Å². The number of rotatable bonds is 6. The monoisotopic (exact) mass is 449 g/mol. The van der Waals surface area contributed by atoms with Crippen LogP contribution in [0.5, 0.6) is 0 Å². The van der Waals surface area contributed by atoms with E-state index >= 15 is 0 Å². The summed E-state index contributed by atoms with van der Waals surface area (Å²) in [5.74, 6) is -0.512. The predicted octanol–water partition coefficient (Wildman–Crippen LogP) is 4.20. The molecule has 0 aliphatic rings. The van der Waals surface area contributed by atoms with Gasteiger partial charge in [-0.2, -0.15) is 0 Å². The van der Waals surface area contributed by atoms with E-state index in [4.69, 9.17) is 11.6 Å². The average Bonchev–Trinajstić information content (AvgIpc) is 3.10. The van der Waals surface area contributed by atoms with Gasteiger partial charge in [0.2, 0.25) is 10.0 Å². The van der Waals surface area contributed by atoms with Gasteiger partial charge in [-0.05, 0) is 30.7 Å². The minimum absolute atomic E-state index is 0.00347. The van der Waals surface area contributed by atoms with Gasteiger partial charge in [-0.15, -0.1) is 11.3 Å². The summed E-state index contributed by atoms with van der Waals surface area (Å²) in [5.41, 5.74) is 2.42. The zero-order chi connectivity index (χ0) is 21.2. The fraction of sp³-hybridized carbons (Fsp3) is 0.200. The van der Waals surface area contributed by atoms with Crippen LogP contribution in [0.1, 0.15) is 26.4 Å². The molecule has 6 nitrogen and oxygen atoms in total. The first kappa shape index (κ1) is 21.4. The normalized spacial score (nSPS) is 11.6. The molecule has 0 fully saturated rings. The van der Waals surface area contributed by atoms with Gasteiger partial charge in [0.25, 0.3) is 5.91 Å². The maximum atomic E-state index is 12.7. The van der Waals surface area contributed by atoms with E-state index in [0.29, 0.717) is 11.6 Å². The van der Waals surface area contributed by atoms with Crippen LogP contribution in [-0.4, -0.2) is 37.7 Å². The Morgan fingerprint density at radius 3 is 2.52 bits per heavy atom. The fourth-order valence-corrected chi connectivity index (χ4v) is 4.54. The van der Waals surface area contributed by atoms with Gasteiger partial charge in [0.05, 0.1) is 15.5 Å². The summed E-state index contributed by atoms with van der Waals surface area (Å²) in [4.78, 5) is 17.9. The molecule has 1 heterocycles. The van der Waals surface area contributed by atoms with Crippen molar-refractivity contribution in [2.45, 2.75) is 18.2 Å². The van der Waals surface area contributed by atoms with E-state index in [1.165, 1.54) is 49.2 Å². The molecule has 1 N–H and O–H groups in total. The molecule has 0 radical (unpaired) electrons. The van der Waals surface area contributed by atoms with Crippen molar-refractivity contribution in [3.63, 3.8) is 0 Å². The van der Waals surface area contributed by atoms with Crippen molar-refractivity contribution in [3.05, 3.63) is 75.3 Å². The van der Waals surface area contributed by atoms with Gasteiger partial charge >= 0.3 is 0 Å². The molecule has 1 aromatic heterocycles. The van der Waals surface area contributed by atoms with E-state index in [-0.39, 0.29) is 15.5 Å². The number of carbonyl (C=O) groups excluding carboxylic acids is 1. The zero-order valence-corrected chi connectivity index (χ0v) is 18.5. The van der Waals surface area contributed by atoms with Crippen LogP contribution in [0.4, 0.5) is 5.13 Å². The third kappa shape index (κ3) is 5.02. The highest BCUT2D eigenvalue weighted by Gasteiger charge is 2.21. The van der Waals surface area contributed by atoms with Crippen molar-refractivity contribution in [1.82, 2.24) is 9.29 Å². The highest BCUT2D eigenvalue weighted by Crippen LogP contribution is 2.25. The van der Waals surface area contributed by atoms with E-state index in [9.17, 15) is 13.2 Å². The number of anilines is 1. The number of amides is 1. The number of benzene rings is 2. The summed E-state index contributed by atoms with van der Waals surface area (Å²) in [7, 11) is -0.824. The number of carbonyl (C=O) groups is 1. The minimum atomic E-state index is -3.67. The second-order valence-corrected chi connectivity index (χ2v) is 10.4. The first-order valence-electron chi connectivity index (χ1n) is 8.70. The third-order valence-corrected chi connectivity index (χ3v) is 7.29. The van der Waals surface area contributed by atoms with E-state index in [2.05, 4.69) is 34.6 Å². The third-order valence-electron chi connectivity index (χ3n) is 4.23. The Hall–Kier alpha value is -2.26. The van der Waals surface area contributed by atoms with Crippen molar-refractivity contribution in [2.24, 2.45) is 0 Å². The van der Waals surface area contributed by atoms with Crippen LogP contribution < -0.4 is 5.32 Å². The summed E-state index contributed by atoms with van der Waals surface area (Å²) in [6.45, 7) is 2.04. The average molecular weight is 450 g/mol. The predicted molar refractivity (Wildman–Crippen MR) is 116 cm³/mol. The molecule has 152 valence electrons. The number of thiazole rings is 1. The molecule has 0 bridgehead atoms. The number of nitrogens with one attached hydrogen (secondary N) is 1. The molecule has 1 amide bonds. The van der Waals surface area contributed by atoms with Crippen molar-refractivity contribution < 1.29 is 13.2 Å². The minimum Gasteiger partial charge on any atom is -0.298 e. The lowest BCUT2D eigenvalue weighted by Gasteiger charge is -2.13. The van der Waals surface area contributed by atoms with Crippen LogP contribution >= 0.6 is 22.9 Å². The Morgan fingerprint density at radius 1 is 1.17 bits per heavy atom. The molecule has 0 unspecified atom stereocenters. The first-order chi connectivity index (χ1) is 13.7. The number of nitrogens with zero attached hydrogens (tertiary/aromatic N) is 2. The van der Waals surface area contributed by atoms with Gasteiger partial charge in [0.15, 0.2) is 5.13 Å². The van der Waals surface area contributed by atoms with E-state index in [1.54, 1.807) is 6.20 Å². The van der Waals surface area contributed by atoms with Crippen LogP contribution in [0.3, 0.4) is 0 Å². The van der Waals surface area contributed by atoms with E-state index in [1.807, 2.05) is 6.92 Å². The molecule has 9 heteroatoms. The molecular weight excluding hydrogens is 430 g/mol. The van der Waals surface area contributed by atoms with Crippen molar-refractivity contribution >= 4 is 44.0 Å². The lowest BCUT2D eigenvalue weighted by atomic mass is 10.1. The number of aryl methyl sites for hydroxylation is 1. The summed E-state index contributed by atoms with van der Waals surface area (Å²) in [6, 6.07) is 12.3. The number of halogens is 1. The highest BCUT2D eigenvalue weighted by molar-refractivity contribution is 7.89. The summed E-state index contributed by atoms with van der Waals surface area (Å²) < 4.78 is 25.7. The number of aromatic nitrogens is 1. The number of sulfonamides is 1. The Balaban J connectivity index is 1.77. The van der Waals surface area contributed by atoms with Crippen LogP contribution in [0.2, 0.25) is 5.02 Å². The Morgan fingerprint density at radius 2 is 1.86 bits per heavy atom. The van der Waals surface area contributed by atoms with Crippen molar-refractivity contribution in [3.8, 4) is 0 Å². The van der Waals surface area contributed by atoms with Gasteiger partial charge < -0.3 is 0 Å². The highest BCUT2D eigenvalue weighted by atomic mass is 35.5. The first-order valence-corrected chi connectivity index (χ1v) is 11.3. The molecule has 2 aromatic carbocycles. The van der Waals surface area contributed by atoms with Crippen LogP contribution in [0, 0.1) is 6.92 Å². The molecule has 0 saturated heterocycles. The molecule has 3 rings (SSSR count). The Labute approximate surface area is 179 Å². The quantitative estimate of drug-likeness (QED) is 0.611. The molecule has 0 spiro atoms. The molecule has 0 saturated carbocycles. The second kappa shape index (κ2) is 8.62. The SMILES string of the molecule is Cc1ccc(Cc2cnc(NC(=O)c3cc(S(=O)(=O)N(C)C)ccc3Cl)s2)cc1. The molecular formula is C20H20ClN3O3S2. The molecule has 3 aromatic rings. The molecule has 0 atom stereocenters. The number of hydrogen-bond acceptors (Lipinski definition) is 5. The van der Waals surface area contributed by atoms with Crippen molar-refractivity contribution in [1.29, 1.82) is 0 Å². The second-order valence-electron chi connectivity index (χ2n) is 6.68. The molecule has 0 aliphatic heterocycles. The van der Waals surface area contributed by atoms with Crippen molar-refractivity contribution in [2.75, 3.05) is 19.4 Å². The summed E-state index contributed by atoms with van der Waals surface area (Å²) >= 11 is 7.49. The van der Waals surface area contributed by atoms with Gasteiger partial charge in [-0.1, -0.05) is 41.4 Å². The summed E-state index contributed by atoms with van der Waals surface area (Å²) in [5, 5.41) is 3.29. The Kier molecular flexibility index (Phi) is 6.38. The largest absolute Gasteiger partial charge is 0.298 e. The lowest BCUT2D eigenvalue weighted by Crippen LogP contribution is -2.23. The van der Waals surface area contributed by atoms with Crippen LogP contribution in [0.25, 0.3) is 0 Å². The molecule has 29 heavy (non-hydrogen) atoms. The molecule has 0 aliphatic carbocycles. The van der Waals surface area contributed by atoms with Crippen LogP contribution in [0.15, 0.2) is 53.6 Å². The Bertz CT molecular complexity index is 1140. The van der Waals surface area contributed by atoms with Gasteiger partial charge in [-0.3, -0.25) is 10.1 Å². The maximum absolute atomic E-state index is 12.7. The number of hydrogen-bond donors (Lipinski definition) is 1. The van der Waals surface area contributed by atoms with Gasteiger partial charge in [0.1, 0.15) is 0 Å². The fourth-order valence-electron chi connectivity index (χ4n) is 2.57. The van der Waals surface area contributed by atoms with Gasteiger partial charge in [-0.25, -0.2) is 17.7 Å². The van der Waals surface area contributed by atoms with Gasteiger partial charge in [0, 0.05) is 31.6 Å². The smallest absolute Gasteiger partial charge is 0.259 e. The maximum Gasteiger partial charge on any atom is 0.259 e. The standard InChI is InChI=1S/C20H20ClN3O3S2/c1-13-4-6-14(7-5-13)10-15-12-22-20(28-15)23-19(25)17-11-16(8-9-18(17)21)29(26,27)24(2)3/h4-9,11-12H,10H2,1-3H3,(H,22,23,25). The zero-order valence-electron chi connectivity index (χ0n) is 16.1. The van der Waals surface area contributed by atoms with E-state index < -0.39 is 15.9 Å². The van der Waals surface area contributed by atoms with E-state index in [0.717, 1.165) is 14.7 Å². The summed E-state index contributed by atoms with van der Waals surface area (Å²) in [6.07, 6.45) is 2.43. The lowest BCUT2D eigenvalue weighted by molar-refractivity contribution is 0.102. The topological polar surface area (TPSA) is 79.4 Å².